The lowest BCUT2D eigenvalue weighted by atomic mass is 9.92. The minimum Gasteiger partial charge on any atom is -0.315 e. The topological polar surface area (TPSA) is 12.0 Å². The van der Waals surface area contributed by atoms with Crippen molar-refractivity contribution in [1.29, 1.82) is 0 Å². The van der Waals surface area contributed by atoms with Crippen LogP contribution in [0.15, 0.2) is 0 Å². The van der Waals surface area contributed by atoms with Crippen LogP contribution in [0.4, 0.5) is 0 Å². The van der Waals surface area contributed by atoms with Crippen molar-refractivity contribution in [3.05, 3.63) is 0 Å². The molecule has 0 saturated heterocycles. The lowest BCUT2D eigenvalue weighted by Gasteiger charge is -2.31. The highest BCUT2D eigenvalue weighted by molar-refractivity contribution is 7.81. The first-order chi connectivity index (χ1) is 4.27. The van der Waals surface area contributed by atoms with Crippen LogP contribution in [0.3, 0.4) is 0 Å². The van der Waals surface area contributed by atoms with Crippen LogP contribution in [0, 0.1) is 0 Å². The molecule has 62 valence electrons. The monoisotopic (exact) mass is 161 g/mol. The van der Waals surface area contributed by atoms with Gasteiger partial charge in [0.15, 0.2) is 0 Å². The highest BCUT2D eigenvalue weighted by Crippen LogP contribution is 2.24. The molecule has 0 aromatic heterocycles. The van der Waals surface area contributed by atoms with Gasteiger partial charge in [-0.3, -0.25) is 0 Å². The first kappa shape index (κ1) is 10.3. The first-order valence-electron chi connectivity index (χ1n) is 3.68. The normalized spacial score (nSPS) is 13.8. The summed E-state index contributed by atoms with van der Waals surface area (Å²) in [6.07, 6.45) is 1.07. The number of thiol groups is 1. The standard InChI is InChI=1S/C8H19NS/c1-7(2,9-5)6-8(3,4)10/h9-10H,6H2,1-5H3. The maximum absolute atomic E-state index is 4.46. The van der Waals surface area contributed by atoms with Crippen molar-refractivity contribution < 1.29 is 0 Å². The van der Waals surface area contributed by atoms with E-state index in [1.807, 2.05) is 7.05 Å². The summed E-state index contributed by atoms with van der Waals surface area (Å²) in [5, 5.41) is 3.25. The highest BCUT2D eigenvalue weighted by atomic mass is 32.1. The van der Waals surface area contributed by atoms with E-state index >= 15 is 0 Å². The molecule has 0 unspecified atom stereocenters. The van der Waals surface area contributed by atoms with Crippen molar-refractivity contribution in [3.8, 4) is 0 Å². The summed E-state index contributed by atoms with van der Waals surface area (Å²) in [6.45, 7) is 8.64. The Morgan fingerprint density at radius 2 is 1.60 bits per heavy atom. The lowest BCUT2D eigenvalue weighted by Crippen LogP contribution is -2.40. The van der Waals surface area contributed by atoms with Crippen molar-refractivity contribution in [2.24, 2.45) is 0 Å². The summed E-state index contributed by atoms with van der Waals surface area (Å²) in [4.78, 5) is 0. The third-order valence-electron chi connectivity index (χ3n) is 1.55. The molecule has 10 heavy (non-hydrogen) atoms. The molecule has 0 spiro atoms. The van der Waals surface area contributed by atoms with Crippen molar-refractivity contribution in [2.75, 3.05) is 7.05 Å². The number of hydrogen-bond donors (Lipinski definition) is 2. The van der Waals surface area contributed by atoms with Crippen molar-refractivity contribution in [2.45, 2.75) is 44.4 Å². The molecular formula is C8H19NS. The summed E-state index contributed by atoms with van der Waals surface area (Å²) < 4.78 is 0.118. The summed E-state index contributed by atoms with van der Waals surface area (Å²) in [7, 11) is 1.99. The van der Waals surface area contributed by atoms with E-state index in [2.05, 4.69) is 45.6 Å². The Kier molecular flexibility index (Phi) is 3.24. The van der Waals surface area contributed by atoms with Crippen LogP contribution < -0.4 is 5.32 Å². The molecule has 2 heteroatoms. The molecule has 1 N–H and O–H groups in total. The number of rotatable bonds is 3. The summed E-state index contributed by atoms with van der Waals surface area (Å²) in [5.41, 5.74) is 0.200. The zero-order chi connectivity index (χ0) is 8.41. The van der Waals surface area contributed by atoms with Crippen LogP contribution in [0.25, 0.3) is 0 Å². The third kappa shape index (κ3) is 5.12. The third-order valence-corrected chi connectivity index (χ3v) is 1.71. The summed E-state index contributed by atoms with van der Waals surface area (Å²) >= 11 is 4.46. The summed E-state index contributed by atoms with van der Waals surface area (Å²) in [6, 6.07) is 0. The quantitative estimate of drug-likeness (QED) is 0.604. The van der Waals surface area contributed by atoms with E-state index in [-0.39, 0.29) is 10.3 Å². The maximum atomic E-state index is 4.46. The summed E-state index contributed by atoms with van der Waals surface area (Å²) in [5.74, 6) is 0. The predicted molar refractivity (Wildman–Crippen MR) is 50.8 cm³/mol. The molecule has 1 nitrogen and oxygen atoms in total. The SMILES string of the molecule is CNC(C)(C)CC(C)(C)S. The Balaban J connectivity index is 3.89. The Morgan fingerprint density at radius 1 is 1.20 bits per heavy atom. The van der Waals surface area contributed by atoms with Gasteiger partial charge < -0.3 is 5.32 Å². The van der Waals surface area contributed by atoms with Crippen LogP contribution in [0.5, 0.6) is 0 Å². The molecule has 0 heterocycles. The minimum absolute atomic E-state index is 0.118. The molecule has 0 aliphatic heterocycles. The van der Waals surface area contributed by atoms with E-state index in [0.29, 0.717) is 0 Å². The van der Waals surface area contributed by atoms with E-state index in [9.17, 15) is 0 Å². The molecule has 0 radical (unpaired) electrons. The minimum atomic E-state index is 0.118. The predicted octanol–water partition coefficient (Wildman–Crippen LogP) is 2.08. The van der Waals surface area contributed by atoms with E-state index in [1.54, 1.807) is 0 Å². The molecular weight excluding hydrogens is 142 g/mol. The van der Waals surface area contributed by atoms with Gasteiger partial charge in [-0.1, -0.05) is 13.8 Å². The van der Waals surface area contributed by atoms with Gasteiger partial charge in [0.05, 0.1) is 0 Å². The van der Waals surface area contributed by atoms with Gasteiger partial charge in [-0.2, -0.15) is 12.6 Å². The van der Waals surface area contributed by atoms with E-state index < -0.39 is 0 Å². The molecule has 0 aliphatic rings. The van der Waals surface area contributed by atoms with E-state index in [0.717, 1.165) is 6.42 Å². The average molecular weight is 161 g/mol. The zero-order valence-electron chi connectivity index (χ0n) is 7.65. The second-order valence-corrected chi connectivity index (χ2v) is 5.33. The van der Waals surface area contributed by atoms with Gasteiger partial charge in [0.2, 0.25) is 0 Å². The van der Waals surface area contributed by atoms with Gasteiger partial charge in [0.1, 0.15) is 0 Å². The van der Waals surface area contributed by atoms with Crippen molar-refractivity contribution >= 4 is 12.6 Å². The fourth-order valence-electron chi connectivity index (χ4n) is 1.17. The number of nitrogens with one attached hydrogen (secondary N) is 1. The van der Waals surface area contributed by atoms with Crippen LogP contribution in [0.1, 0.15) is 34.1 Å². The lowest BCUT2D eigenvalue weighted by molar-refractivity contribution is 0.359. The molecule has 0 saturated carbocycles. The second kappa shape index (κ2) is 3.14. The van der Waals surface area contributed by atoms with Crippen LogP contribution in [-0.2, 0) is 0 Å². The van der Waals surface area contributed by atoms with Crippen LogP contribution >= 0.6 is 12.6 Å². The molecule has 0 aliphatic carbocycles. The molecule has 0 aromatic carbocycles. The zero-order valence-corrected chi connectivity index (χ0v) is 8.55. The number of hydrogen-bond acceptors (Lipinski definition) is 2. The molecule has 0 amide bonds. The van der Waals surface area contributed by atoms with Gasteiger partial charge in [0, 0.05) is 10.3 Å². The largest absolute Gasteiger partial charge is 0.315 e. The Hall–Kier alpha value is 0.310. The molecule has 0 atom stereocenters. The maximum Gasteiger partial charge on any atom is 0.0135 e. The molecule has 0 aromatic rings. The van der Waals surface area contributed by atoms with Gasteiger partial charge >= 0.3 is 0 Å². The fraction of sp³-hybridized carbons (Fsp3) is 1.00. The smallest absolute Gasteiger partial charge is 0.0135 e. The van der Waals surface area contributed by atoms with E-state index in [1.165, 1.54) is 0 Å². The Bertz CT molecular complexity index is 102. The van der Waals surface area contributed by atoms with Gasteiger partial charge in [0.25, 0.3) is 0 Å². The fourth-order valence-corrected chi connectivity index (χ4v) is 1.57. The molecule has 0 fully saturated rings. The second-order valence-electron chi connectivity index (χ2n) is 4.12. The van der Waals surface area contributed by atoms with Gasteiger partial charge in [-0.15, -0.1) is 0 Å². The first-order valence-corrected chi connectivity index (χ1v) is 4.13. The van der Waals surface area contributed by atoms with Crippen molar-refractivity contribution in [1.82, 2.24) is 5.32 Å². The van der Waals surface area contributed by atoms with Crippen molar-refractivity contribution in [3.63, 3.8) is 0 Å². The van der Waals surface area contributed by atoms with Crippen LogP contribution in [0.2, 0.25) is 0 Å². The van der Waals surface area contributed by atoms with Gasteiger partial charge in [-0.05, 0) is 27.3 Å². The average Bonchev–Trinajstić information content (AvgIpc) is 1.60. The molecule has 0 rings (SSSR count). The Morgan fingerprint density at radius 3 is 1.70 bits per heavy atom. The molecule has 0 bridgehead atoms. The highest BCUT2D eigenvalue weighted by Gasteiger charge is 2.23. The van der Waals surface area contributed by atoms with Gasteiger partial charge in [-0.25, -0.2) is 0 Å². The van der Waals surface area contributed by atoms with E-state index in [4.69, 9.17) is 0 Å². The Labute approximate surface area is 70.0 Å². The van der Waals surface area contributed by atoms with Crippen LogP contribution in [-0.4, -0.2) is 17.3 Å².